The topological polar surface area (TPSA) is 86.2 Å². The molecule has 1 amide bonds. The lowest BCUT2D eigenvalue weighted by molar-refractivity contribution is -0.123. The minimum Gasteiger partial charge on any atom is -0.493 e. The van der Waals surface area contributed by atoms with Gasteiger partial charge in [-0.2, -0.15) is 5.10 Å². The second kappa shape index (κ2) is 12.6. The van der Waals surface area contributed by atoms with Crippen LogP contribution in [0.3, 0.4) is 0 Å². The van der Waals surface area contributed by atoms with Gasteiger partial charge < -0.3 is 14.2 Å². The maximum Gasteiger partial charge on any atom is 0.345 e. The van der Waals surface area contributed by atoms with Crippen LogP contribution in [-0.4, -0.2) is 31.8 Å². The molecule has 8 heteroatoms. The first-order valence-electron chi connectivity index (χ1n) is 11.7. The van der Waals surface area contributed by atoms with Gasteiger partial charge in [0.25, 0.3) is 5.91 Å². The van der Waals surface area contributed by atoms with Crippen LogP contribution in [0.25, 0.3) is 10.8 Å². The number of methoxy groups -OCH3 is 1. The van der Waals surface area contributed by atoms with Crippen molar-refractivity contribution in [2.24, 2.45) is 5.10 Å². The summed E-state index contributed by atoms with van der Waals surface area (Å²) >= 11 is 6.16. The predicted octanol–water partition coefficient (Wildman–Crippen LogP) is 5.98. The Kier molecular flexibility index (Phi) is 8.74. The average Bonchev–Trinajstić information content (AvgIpc) is 2.93. The Hall–Kier alpha value is -4.62. The Labute approximate surface area is 225 Å². The minimum atomic E-state index is -0.606. The quantitative estimate of drug-likeness (QED) is 0.0899. The molecule has 0 saturated heterocycles. The van der Waals surface area contributed by atoms with Gasteiger partial charge in [-0.05, 0) is 53.1 Å². The Bertz CT molecular complexity index is 1520. The van der Waals surface area contributed by atoms with Crippen molar-refractivity contribution in [3.05, 3.63) is 113 Å². The molecule has 192 valence electrons. The number of amides is 1. The number of hydrogen-bond acceptors (Lipinski definition) is 6. The second-order valence-electron chi connectivity index (χ2n) is 8.13. The van der Waals surface area contributed by atoms with Crippen LogP contribution >= 0.6 is 11.6 Å². The molecule has 0 saturated carbocycles. The normalized spacial score (nSPS) is 10.8. The van der Waals surface area contributed by atoms with Crippen LogP contribution in [0.2, 0.25) is 5.02 Å². The number of fused-ring (bicyclic) bond motifs is 1. The van der Waals surface area contributed by atoms with E-state index in [1.54, 1.807) is 42.5 Å². The van der Waals surface area contributed by atoms with Gasteiger partial charge in [-0.15, -0.1) is 6.58 Å². The first-order chi connectivity index (χ1) is 18.5. The van der Waals surface area contributed by atoms with Gasteiger partial charge in [-0.1, -0.05) is 66.2 Å². The van der Waals surface area contributed by atoms with Crippen LogP contribution in [0.4, 0.5) is 0 Å². The van der Waals surface area contributed by atoms with E-state index in [9.17, 15) is 9.59 Å². The third-order valence-electron chi connectivity index (χ3n) is 5.58. The average molecular weight is 529 g/mol. The van der Waals surface area contributed by atoms with Crippen molar-refractivity contribution in [2.75, 3.05) is 13.7 Å². The van der Waals surface area contributed by atoms with Crippen molar-refractivity contribution in [1.82, 2.24) is 5.43 Å². The van der Waals surface area contributed by atoms with Gasteiger partial charge in [-0.3, -0.25) is 4.79 Å². The molecule has 4 aromatic rings. The maximum absolute atomic E-state index is 12.8. The van der Waals surface area contributed by atoms with E-state index in [0.29, 0.717) is 23.5 Å². The van der Waals surface area contributed by atoms with Crippen LogP contribution in [0, 0.1) is 0 Å². The van der Waals surface area contributed by atoms with Gasteiger partial charge in [-0.25, -0.2) is 10.2 Å². The lowest BCUT2D eigenvalue weighted by Gasteiger charge is -2.12. The largest absolute Gasteiger partial charge is 0.493 e. The number of rotatable bonds is 10. The summed E-state index contributed by atoms with van der Waals surface area (Å²) in [5.74, 6) is 0.134. The lowest BCUT2D eigenvalue weighted by atomic mass is 10.0. The van der Waals surface area contributed by atoms with Crippen molar-refractivity contribution < 1.29 is 23.8 Å². The molecule has 0 aliphatic rings. The van der Waals surface area contributed by atoms with E-state index in [0.717, 1.165) is 16.3 Å². The molecule has 0 unspecified atom stereocenters. The zero-order valence-electron chi connectivity index (χ0n) is 20.6. The fourth-order valence-electron chi connectivity index (χ4n) is 3.75. The monoisotopic (exact) mass is 528 g/mol. The van der Waals surface area contributed by atoms with Crippen molar-refractivity contribution in [2.45, 2.75) is 6.42 Å². The zero-order chi connectivity index (χ0) is 26.9. The van der Waals surface area contributed by atoms with Crippen LogP contribution in [0.1, 0.15) is 21.5 Å². The van der Waals surface area contributed by atoms with Gasteiger partial charge >= 0.3 is 5.97 Å². The van der Waals surface area contributed by atoms with Gasteiger partial charge in [0.2, 0.25) is 0 Å². The van der Waals surface area contributed by atoms with E-state index in [4.69, 9.17) is 25.8 Å². The van der Waals surface area contributed by atoms with Crippen molar-refractivity contribution in [1.29, 1.82) is 0 Å². The third-order valence-corrected chi connectivity index (χ3v) is 5.91. The van der Waals surface area contributed by atoms with Crippen molar-refractivity contribution in [3.8, 4) is 17.2 Å². The fourth-order valence-corrected chi connectivity index (χ4v) is 3.96. The molecule has 1 N–H and O–H groups in total. The van der Waals surface area contributed by atoms with Crippen LogP contribution in [0.15, 0.2) is 96.6 Å². The number of nitrogens with zero attached hydrogens (tertiary/aromatic N) is 1. The number of ether oxygens (including phenoxy) is 3. The molecular formula is C30H25ClN2O5. The third kappa shape index (κ3) is 6.38. The van der Waals surface area contributed by atoms with Crippen LogP contribution in [-0.2, 0) is 11.2 Å². The summed E-state index contributed by atoms with van der Waals surface area (Å²) in [6, 6.07) is 23.1. The van der Waals surface area contributed by atoms with E-state index in [1.165, 1.54) is 13.3 Å². The number of halogens is 1. The molecule has 38 heavy (non-hydrogen) atoms. The van der Waals surface area contributed by atoms with Crippen molar-refractivity contribution in [3.63, 3.8) is 0 Å². The summed E-state index contributed by atoms with van der Waals surface area (Å²) in [5, 5.41) is 6.06. The second-order valence-corrected chi connectivity index (χ2v) is 8.53. The van der Waals surface area contributed by atoms with E-state index in [1.807, 2.05) is 42.5 Å². The standard InChI is InChI=1S/C30H25ClN2O5/c1-3-8-20-13-15-27(28(17-20)36-2)37-19-29(34)33-32-18-24-22-10-5-4-9-21(22)14-16-26(24)38-30(35)23-11-6-7-12-25(23)31/h3-7,9-18H,1,8,19H2,2H3,(H,33,34). The summed E-state index contributed by atoms with van der Waals surface area (Å²) in [5.41, 5.74) is 4.22. The number of hydrazone groups is 1. The Morgan fingerprint density at radius 2 is 1.74 bits per heavy atom. The highest BCUT2D eigenvalue weighted by Gasteiger charge is 2.16. The smallest absolute Gasteiger partial charge is 0.345 e. The minimum absolute atomic E-state index is 0.239. The molecule has 0 aliphatic heterocycles. The first kappa shape index (κ1) is 26.4. The molecule has 0 atom stereocenters. The van der Waals surface area contributed by atoms with Gasteiger partial charge in [0.15, 0.2) is 18.1 Å². The van der Waals surface area contributed by atoms with E-state index in [-0.39, 0.29) is 22.9 Å². The zero-order valence-corrected chi connectivity index (χ0v) is 21.4. The predicted molar refractivity (Wildman–Crippen MR) is 148 cm³/mol. The number of esters is 1. The molecule has 0 spiro atoms. The molecule has 0 aliphatic carbocycles. The molecule has 0 heterocycles. The highest BCUT2D eigenvalue weighted by molar-refractivity contribution is 6.33. The number of carbonyl (C=O) groups is 2. The summed E-state index contributed by atoms with van der Waals surface area (Å²) in [4.78, 5) is 25.2. The number of nitrogens with one attached hydrogen (secondary N) is 1. The molecule has 0 bridgehead atoms. The molecular weight excluding hydrogens is 504 g/mol. The van der Waals surface area contributed by atoms with Crippen LogP contribution in [0.5, 0.6) is 17.2 Å². The number of carbonyl (C=O) groups excluding carboxylic acids is 2. The maximum atomic E-state index is 12.8. The Balaban J connectivity index is 1.48. The van der Waals surface area contributed by atoms with E-state index in [2.05, 4.69) is 17.1 Å². The summed E-state index contributed by atoms with van der Waals surface area (Å²) in [6.07, 6.45) is 3.91. The van der Waals surface area contributed by atoms with Gasteiger partial charge in [0, 0.05) is 5.56 Å². The summed E-state index contributed by atoms with van der Waals surface area (Å²) < 4.78 is 16.6. The number of allylic oxidation sites excluding steroid dienone is 1. The van der Waals surface area contributed by atoms with E-state index < -0.39 is 11.9 Å². The number of benzene rings is 4. The summed E-state index contributed by atoms with van der Waals surface area (Å²) in [6.45, 7) is 3.45. The SMILES string of the molecule is C=CCc1ccc(OCC(=O)NN=Cc2c(OC(=O)c3ccccc3Cl)ccc3ccccc23)c(OC)c1. The molecule has 0 radical (unpaired) electrons. The molecule has 7 nitrogen and oxygen atoms in total. The lowest BCUT2D eigenvalue weighted by Crippen LogP contribution is -2.24. The van der Waals surface area contributed by atoms with Crippen molar-refractivity contribution >= 4 is 40.5 Å². The number of hydrogen-bond donors (Lipinski definition) is 1. The first-order valence-corrected chi connectivity index (χ1v) is 12.1. The van der Waals surface area contributed by atoms with Gasteiger partial charge in [0.1, 0.15) is 5.75 Å². The molecule has 0 aromatic heterocycles. The van der Waals surface area contributed by atoms with E-state index >= 15 is 0 Å². The Morgan fingerprint density at radius 3 is 2.53 bits per heavy atom. The molecule has 4 aromatic carbocycles. The van der Waals surface area contributed by atoms with Crippen LogP contribution < -0.4 is 19.6 Å². The highest BCUT2D eigenvalue weighted by Crippen LogP contribution is 2.29. The summed E-state index contributed by atoms with van der Waals surface area (Å²) in [7, 11) is 1.53. The molecule has 4 rings (SSSR count). The highest BCUT2D eigenvalue weighted by atomic mass is 35.5. The fraction of sp³-hybridized carbons (Fsp3) is 0.100. The Morgan fingerprint density at radius 1 is 0.974 bits per heavy atom. The van der Waals surface area contributed by atoms with Gasteiger partial charge in [0.05, 0.1) is 23.9 Å². The molecule has 0 fully saturated rings.